The number of para-hydroxylation sites is 3. The Hall–Kier alpha value is -5.56. The van der Waals surface area contributed by atoms with Crippen molar-refractivity contribution < 1.29 is 14.7 Å². The lowest BCUT2D eigenvalue weighted by atomic mass is 10.2. The van der Waals surface area contributed by atoms with Crippen molar-refractivity contribution in [3.63, 3.8) is 0 Å². The number of allylic oxidation sites excluding steroid dienone is 2. The van der Waals surface area contributed by atoms with E-state index in [-0.39, 0.29) is 12.5 Å². The molecular weight excluding hydrogens is 608 g/mol. The maximum Gasteiger partial charge on any atom is 0.298 e. The summed E-state index contributed by atoms with van der Waals surface area (Å²) in [5, 5.41) is 19.1. The van der Waals surface area contributed by atoms with E-state index >= 15 is 0 Å². The van der Waals surface area contributed by atoms with E-state index in [0.717, 1.165) is 39.0 Å². The van der Waals surface area contributed by atoms with E-state index in [0.29, 0.717) is 48.8 Å². The van der Waals surface area contributed by atoms with Crippen LogP contribution in [0.3, 0.4) is 0 Å². The van der Waals surface area contributed by atoms with Gasteiger partial charge >= 0.3 is 0 Å². The summed E-state index contributed by atoms with van der Waals surface area (Å²) >= 11 is 0. The molecule has 0 bridgehead atoms. The van der Waals surface area contributed by atoms with Crippen LogP contribution in [0.15, 0.2) is 76.7 Å². The first kappa shape index (κ1) is 32.4. The molecule has 0 atom stereocenters. The fourth-order valence-electron chi connectivity index (χ4n) is 6.25. The molecule has 13 heteroatoms. The van der Waals surface area contributed by atoms with Crippen molar-refractivity contribution in [2.45, 2.75) is 60.5 Å². The van der Waals surface area contributed by atoms with Crippen LogP contribution in [-0.2, 0) is 46.9 Å². The number of carbonyl (C=O) groups is 2. The lowest BCUT2D eigenvalue weighted by molar-refractivity contribution is 0.0977. The second-order valence-corrected chi connectivity index (χ2v) is 11.6. The van der Waals surface area contributed by atoms with Crippen LogP contribution < -0.4 is 11.2 Å². The van der Waals surface area contributed by atoms with Crippen LogP contribution >= 0.6 is 0 Å². The number of hydrogen-bond acceptors (Lipinski definition) is 5. The predicted molar refractivity (Wildman–Crippen MR) is 182 cm³/mol. The van der Waals surface area contributed by atoms with Crippen molar-refractivity contribution in [2.24, 2.45) is 24.1 Å². The molecule has 2 amide bonds. The first-order valence-electron chi connectivity index (χ1n) is 16.0. The third kappa shape index (κ3) is 5.77. The lowest BCUT2D eigenvalue weighted by Gasteiger charge is -2.06. The summed E-state index contributed by atoms with van der Waals surface area (Å²) in [6, 6.07) is 17.1. The Bertz CT molecular complexity index is 2350. The van der Waals surface area contributed by atoms with Gasteiger partial charge in [-0.1, -0.05) is 36.4 Å². The summed E-state index contributed by atoms with van der Waals surface area (Å²) in [6.45, 7) is 9.33. The number of aromatic nitrogens is 8. The fourth-order valence-corrected chi connectivity index (χ4v) is 6.25. The van der Waals surface area contributed by atoms with Gasteiger partial charge in [-0.05, 0) is 58.0 Å². The molecule has 6 aromatic rings. The molecule has 6 rings (SSSR count). The molecule has 0 spiro atoms. The highest BCUT2D eigenvalue weighted by Gasteiger charge is 2.18. The van der Waals surface area contributed by atoms with Gasteiger partial charge in [-0.3, -0.25) is 19.0 Å². The molecule has 1 N–H and O–H groups in total. The highest BCUT2D eigenvalue weighted by Crippen LogP contribution is 2.19. The predicted octanol–water partition coefficient (Wildman–Crippen LogP) is 3.55. The van der Waals surface area contributed by atoms with Crippen LogP contribution in [0.5, 0.6) is 0 Å². The van der Waals surface area contributed by atoms with Gasteiger partial charge in [0.15, 0.2) is 0 Å². The molecule has 4 aromatic heterocycles. The highest BCUT2D eigenvalue weighted by atomic mass is 16.3. The molecule has 0 saturated carbocycles. The zero-order chi connectivity index (χ0) is 34.1. The maximum atomic E-state index is 13.5. The maximum absolute atomic E-state index is 13.5. The van der Waals surface area contributed by atoms with Crippen LogP contribution in [0.25, 0.3) is 22.1 Å². The summed E-state index contributed by atoms with van der Waals surface area (Å²) in [4.78, 5) is 36.1. The van der Waals surface area contributed by atoms with Crippen molar-refractivity contribution >= 4 is 33.9 Å². The Morgan fingerprint density at radius 1 is 0.729 bits per heavy atom. The number of fused-ring (bicyclic) bond motifs is 2. The van der Waals surface area contributed by atoms with Gasteiger partial charge in [-0.15, -0.1) is 0 Å². The van der Waals surface area contributed by atoms with Gasteiger partial charge in [0, 0.05) is 45.8 Å². The first-order chi connectivity index (χ1) is 23.2. The number of benzene rings is 2. The Morgan fingerprint density at radius 3 is 1.79 bits per heavy atom. The largest absolute Gasteiger partial charge is 0.392 e. The van der Waals surface area contributed by atoms with Crippen molar-refractivity contribution in [1.82, 2.24) is 37.8 Å². The molecule has 2 aromatic carbocycles. The summed E-state index contributed by atoms with van der Waals surface area (Å²) in [6.07, 6.45) is 4.00. The summed E-state index contributed by atoms with van der Waals surface area (Å²) < 4.78 is 11.0. The van der Waals surface area contributed by atoms with E-state index < -0.39 is 5.91 Å². The third-order valence-corrected chi connectivity index (χ3v) is 8.50. The van der Waals surface area contributed by atoms with Gasteiger partial charge < -0.3 is 23.4 Å². The molecule has 0 radical (unpaired) electrons. The third-order valence-electron chi connectivity index (χ3n) is 8.50. The Kier molecular flexibility index (Phi) is 8.96. The quantitative estimate of drug-likeness (QED) is 0.240. The number of aryl methyl sites for hydroxylation is 6. The van der Waals surface area contributed by atoms with Crippen molar-refractivity contribution in [3.05, 3.63) is 106 Å². The molecule has 0 aliphatic rings. The summed E-state index contributed by atoms with van der Waals surface area (Å²) in [5.41, 5.74) is 7.55. The number of imidazole rings is 2. The fraction of sp³-hybridized carbons (Fsp3) is 0.314. The number of aliphatic hydroxyl groups is 1. The summed E-state index contributed by atoms with van der Waals surface area (Å²) in [7, 11) is 3.76. The van der Waals surface area contributed by atoms with Crippen LogP contribution in [0.1, 0.15) is 51.8 Å². The van der Waals surface area contributed by atoms with Crippen LogP contribution in [-0.4, -0.2) is 54.8 Å². The SMILES string of the molecule is CCn1nc(C)cc1C(=O)/N=c1\n(C)c2ccccc2n1C/C=C/Cn1/c(=N/C(=O)c2cc(C)nn2CC)n(C)c2cccc(CO)c21. The normalized spacial score (nSPS) is 12.8. The molecule has 13 nitrogen and oxygen atoms in total. The number of aliphatic hydroxyl groups excluding tert-OH is 1. The first-order valence-corrected chi connectivity index (χ1v) is 16.0. The van der Waals surface area contributed by atoms with Gasteiger partial charge in [0.25, 0.3) is 11.8 Å². The van der Waals surface area contributed by atoms with E-state index in [4.69, 9.17) is 0 Å². The van der Waals surface area contributed by atoms with E-state index in [1.54, 1.807) is 21.5 Å². The molecule has 0 fully saturated rings. The standard InChI is InChI=1S/C35H40N10O3/c1-7-44-29(20-23(3)38-44)32(47)36-34-40(5)26-15-9-10-16-27(26)42(34)18-11-12-19-43-31-25(22-46)14-13-17-28(31)41(6)35(43)37-33(48)30-21-24(4)39-45(30)8-2/h9-17,20-21,46H,7-8,18-19,22H2,1-6H3/b12-11+,36-34+,37-35+. The smallest absolute Gasteiger partial charge is 0.298 e. The Labute approximate surface area is 277 Å². The van der Waals surface area contributed by atoms with Crippen molar-refractivity contribution in [1.29, 1.82) is 0 Å². The van der Waals surface area contributed by atoms with Crippen LogP contribution in [0.4, 0.5) is 0 Å². The van der Waals surface area contributed by atoms with Gasteiger partial charge in [-0.2, -0.15) is 20.2 Å². The van der Waals surface area contributed by atoms with Crippen LogP contribution in [0.2, 0.25) is 0 Å². The molecule has 0 saturated heterocycles. The summed E-state index contributed by atoms with van der Waals surface area (Å²) in [5.74, 6) is -0.757. The average Bonchev–Trinajstić information content (AvgIpc) is 3.81. The number of carbonyl (C=O) groups excluding carboxylic acids is 2. The van der Waals surface area contributed by atoms with Crippen molar-refractivity contribution in [2.75, 3.05) is 0 Å². The minimum atomic E-state index is -0.395. The second kappa shape index (κ2) is 13.3. The molecule has 0 unspecified atom stereocenters. The van der Waals surface area contributed by atoms with Gasteiger partial charge in [0.2, 0.25) is 11.2 Å². The van der Waals surface area contributed by atoms with Gasteiger partial charge in [0.1, 0.15) is 11.4 Å². The Balaban J connectivity index is 1.41. The van der Waals surface area contributed by atoms with Gasteiger partial charge in [-0.25, -0.2) is 0 Å². The number of rotatable bonds is 9. The van der Waals surface area contributed by atoms with Crippen LogP contribution in [0, 0.1) is 13.8 Å². The highest BCUT2D eigenvalue weighted by molar-refractivity contribution is 5.94. The molecular formula is C35H40N10O3. The topological polar surface area (TPSA) is 134 Å². The number of amides is 2. The minimum Gasteiger partial charge on any atom is -0.392 e. The molecule has 4 heterocycles. The van der Waals surface area contributed by atoms with E-state index in [1.165, 1.54) is 0 Å². The molecule has 0 aliphatic carbocycles. The minimum absolute atomic E-state index is 0.165. The lowest BCUT2D eigenvalue weighted by Crippen LogP contribution is -2.27. The average molecular weight is 649 g/mol. The molecule has 0 aliphatic heterocycles. The van der Waals surface area contributed by atoms with E-state index in [9.17, 15) is 14.7 Å². The zero-order valence-corrected chi connectivity index (χ0v) is 28.1. The molecule has 248 valence electrons. The second-order valence-electron chi connectivity index (χ2n) is 11.6. The zero-order valence-electron chi connectivity index (χ0n) is 28.1. The van der Waals surface area contributed by atoms with E-state index in [2.05, 4.69) is 20.2 Å². The number of nitrogens with zero attached hydrogens (tertiary/aromatic N) is 10. The van der Waals surface area contributed by atoms with E-state index in [1.807, 2.05) is 115 Å². The molecule has 48 heavy (non-hydrogen) atoms. The monoisotopic (exact) mass is 648 g/mol. The number of hydrogen-bond donors (Lipinski definition) is 1. The Morgan fingerprint density at radius 2 is 1.23 bits per heavy atom. The van der Waals surface area contributed by atoms with Crippen molar-refractivity contribution in [3.8, 4) is 0 Å². The van der Waals surface area contributed by atoms with Gasteiger partial charge in [0.05, 0.1) is 40.1 Å².